The summed E-state index contributed by atoms with van der Waals surface area (Å²) in [5.41, 5.74) is -1.46. The Morgan fingerprint density at radius 1 is 1.79 bits per heavy atom. The number of carbonyl (C=O) groups excluding carboxylic acids is 1. The van der Waals surface area contributed by atoms with Crippen LogP contribution in [-0.4, -0.2) is 48.9 Å². The Morgan fingerprint density at radius 2 is 2.36 bits per heavy atom. The highest BCUT2D eigenvalue weighted by molar-refractivity contribution is 5.83. The molecule has 0 aliphatic rings. The number of likely N-dealkylation sites (N-methyl/N-ethyl adjacent to an activating group) is 1. The van der Waals surface area contributed by atoms with Crippen molar-refractivity contribution in [1.29, 1.82) is 0 Å². The minimum absolute atomic E-state index is 0.158. The molecular formula is C9H18N2O3. The largest absolute Gasteiger partial charge is 0.379 e. The molecule has 5 heteroatoms. The number of aliphatic hydroxyl groups is 1. The molecule has 1 amide bonds. The summed E-state index contributed by atoms with van der Waals surface area (Å²) in [5.74, 6) is -0.489. The average Bonchev–Trinajstić information content (AvgIpc) is 2.15. The van der Waals surface area contributed by atoms with Crippen LogP contribution in [0, 0.1) is 0 Å². The zero-order valence-electron chi connectivity index (χ0n) is 8.91. The van der Waals surface area contributed by atoms with E-state index in [9.17, 15) is 9.90 Å². The van der Waals surface area contributed by atoms with Crippen molar-refractivity contribution in [3.05, 3.63) is 12.7 Å². The quantitative estimate of drug-likeness (QED) is 0.347. The Bertz CT molecular complexity index is 204. The molecule has 14 heavy (non-hydrogen) atoms. The lowest BCUT2D eigenvalue weighted by molar-refractivity contribution is -0.186. The van der Waals surface area contributed by atoms with E-state index in [4.69, 9.17) is 0 Å². The van der Waals surface area contributed by atoms with Gasteiger partial charge in [-0.05, 0) is 6.92 Å². The molecule has 0 fully saturated rings. The maximum absolute atomic E-state index is 11.5. The molecule has 0 aromatic carbocycles. The summed E-state index contributed by atoms with van der Waals surface area (Å²) in [7, 11) is 2.81. The summed E-state index contributed by atoms with van der Waals surface area (Å²) in [6.45, 7) is 5.64. The number of nitrogens with one attached hydrogen (secondary N) is 1. The summed E-state index contributed by atoms with van der Waals surface area (Å²) in [6.07, 6.45) is 1.65. The van der Waals surface area contributed by atoms with E-state index in [-0.39, 0.29) is 6.54 Å². The van der Waals surface area contributed by atoms with E-state index in [0.717, 1.165) is 5.06 Å². The van der Waals surface area contributed by atoms with Crippen LogP contribution in [0.15, 0.2) is 12.7 Å². The Kier molecular flexibility index (Phi) is 5.37. The second-order valence-corrected chi connectivity index (χ2v) is 3.18. The average molecular weight is 202 g/mol. The monoisotopic (exact) mass is 202 g/mol. The van der Waals surface area contributed by atoms with Crippen molar-refractivity contribution in [2.75, 3.05) is 27.2 Å². The van der Waals surface area contributed by atoms with Gasteiger partial charge in [0.1, 0.15) is 0 Å². The Morgan fingerprint density at radius 3 is 2.79 bits per heavy atom. The first-order valence-electron chi connectivity index (χ1n) is 4.32. The summed E-state index contributed by atoms with van der Waals surface area (Å²) in [4.78, 5) is 16.2. The van der Waals surface area contributed by atoms with Crippen LogP contribution < -0.4 is 5.32 Å². The number of hydrogen-bond donors (Lipinski definition) is 2. The van der Waals surface area contributed by atoms with Crippen LogP contribution in [0.3, 0.4) is 0 Å². The number of hydroxylamine groups is 2. The smallest absolute Gasteiger partial charge is 0.278 e. The van der Waals surface area contributed by atoms with E-state index >= 15 is 0 Å². The first-order valence-corrected chi connectivity index (χ1v) is 4.32. The summed E-state index contributed by atoms with van der Waals surface area (Å²) < 4.78 is 0. The number of carbonyl (C=O) groups is 1. The third kappa shape index (κ3) is 3.87. The van der Waals surface area contributed by atoms with Crippen molar-refractivity contribution in [3.8, 4) is 0 Å². The molecule has 0 saturated carbocycles. The highest BCUT2D eigenvalue weighted by Gasteiger charge is 2.32. The number of rotatable bonds is 6. The van der Waals surface area contributed by atoms with Crippen molar-refractivity contribution in [2.45, 2.75) is 12.5 Å². The fraction of sp³-hybridized carbons (Fsp3) is 0.667. The van der Waals surface area contributed by atoms with Gasteiger partial charge in [-0.15, -0.1) is 6.58 Å². The molecule has 1 atom stereocenters. The van der Waals surface area contributed by atoms with E-state index in [1.165, 1.54) is 21.1 Å². The minimum atomic E-state index is -1.46. The van der Waals surface area contributed by atoms with Gasteiger partial charge in [0.15, 0.2) is 5.60 Å². The molecule has 5 nitrogen and oxygen atoms in total. The van der Waals surface area contributed by atoms with Gasteiger partial charge in [-0.25, -0.2) is 5.06 Å². The van der Waals surface area contributed by atoms with Gasteiger partial charge in [0.25, 0.3) is 5.91 Å². The van der Waals surface area contributed by atoms with Crippen LogP contribution in [0.5, 0.6) is 0 Å². The summed E-state index contributed by atoms with van der Waals surface area (Å²) in [5, 5.41) is 13.6. The maximum atomic E-state index is 11.5. The van der Waals surface area contributed by atoms with E-state index in [1.807, 2.05) is 0 Å². The normalized spacial score (nSPS) is 14.6. The SMILES string of the molecule is C=CCNC[C@](C)(O)C(=O)N(C)OC. The molecule has 82 valence electrons. The zero-order chi connectivity index (χ0) is 11.2. The standard InChI is InChI=1S/C9H18N2O3/c1-5-6-10-7-9(2,13)8(12)11(3)14-4/h5,10,13H,1,6-7H2,2-4H3/t9-/m0/s1. The van der Waals surface area contributed by atoms with Crippen molar-refractivity contribution >= 4 is 5.91 Å². The van der Waals surface area contributed by atoms with Crippen molar-refractivity contribution in [2.24, 2.45) is 0 Å². The lowest BCUT2D eigenvalue weighted by atomic mass is 10.1. The van der Waals surface area contributed by atoms with Gasteiger partial charge in [0.05, 0.1) is 7.11 Å². The van der Waals surface area contributed by atoms with Crippen LogP contribution in [-0.2, 0) is 9.63 Å². The van der Waals surface area contributed by atoms with Gasteiger partial charge in [-0.1, -0.05) is 6.08 Å². The molecule has 0 spiro atoms. The summed E-state index contributed by atoms with van der Waals surface area (Å²) >= 11 is 0. The molecule has 0 bridgehead atoms. The molecule has 0 heterocycles. The van der Waals surface area contributed by atoms with Crippen LogP contribution in [0.25, 0.3) is 0 Å². The molecule has 0 aliphatic heterocycles. The molecule has 0 saturated heterocycles. The third-order valence-electron chi connectivity index (χ3n) is 1.78. The predicted octanol–water partition coefficient (Wildman–Crippen LogP) is -0.467. The van der Waals surface area contributed by atoms with Crippen LogP contribution in [0.4, 0.5) is 0 Å². The molecule has 0 aromatic heterocycles. The molecule has 0 unspecified atom stereocenters. The first-order chi connectivity index (χ1) is 6.45. The van der Waals surface area contributed by atoms with Crippen LogP contribution in [0.1, 0.15) is 6.92 Å². The molecule has 0 aromatic rings. The van der Waals surface area contributed by atoms with E-state index in [1.54, 1.807) is 6.08 Å². The molecular weight excluding hydrogens is 184 g/mol. The molecule has 0 rings (SSSR count). The van der Waals surface area contributed by atoms with Crippen LogP contribution in [0.2, 0.25) is 0 Å². The molecule has 2 N–H and O–H groups in total. The molecule has 0 aliphatic carbocycles. The zero-order valence-corrected chi connectivity index (χ0v) is 8.91. The fourth-order valence-corrected chi connectivity index (χ4v) is 0.915. The van der Waals surface area contributed by atoms with Gasteiger partial charge >= 0.3 is 0 Å². The maximum Gasteiger partial charge on any atom is 0.278 e. The topological polar surface area (TPSA) is 61.8 Å². The lowest BCUT2D eigenvalue weighted by Gasteiger charge is -2.26. The van der Waals surface area contributed by atoms with E-state index in [2.05, 4.69) is 16.7 Å². The Balaban J connectivity index is 4.15. The fourth-order valence-electron chi connectivity index (χ4n) is 0.915. The van der Waals surface area contributed by atoms with Crippen molar-refractivity contribution in [3.63, 3.8) is 0 Å². The van der Waals surface area contributed by atoms with Gasteiger partial charge in [-0.3, -0.25) is 9.63 Å². The van der Waals surface area contributed by atoms with E-state index in [0.29, 0.717) is 6.54 Å². The third-order valence-corrected chi connectivity index (χ3v) is 1.78. The Labute approximate surface area is 84.3 Å². The second kappa shape index (κ2) is 5.74. The number of hydrogen-bond acceptors (Lipinski definition) is 4. The van der Waals surface area contributed by atoms with Crippen molar-refractivity contribution in [1.82, 2.24) is 10.4 Å². The van der Waals surface area contributed by atoms with Gasteiger partial charge < -0.3 is 10.4 Å². The lowest BCUT2D eigenvalue weighted by Crippen LogP contribution is -2.51. The van der Waals surface area contributed by atoms with Crippen molar-refractivity contribution < 1.29 is 14.7 Å². The second-order valence-electron chi connectivity index (χ2n) is 3.18. The van der Waals surface area contributed by atoms with E-state index < -0.39 is 11.5 Å². The summed E-state index contributed by atoms with van der Waals surface area (Å²) in [6, 6.07) is 0. The predicted molar refractivity (Wildman–Crippen MR) is 53.5 cm³/mol. The highest BCUT2D eigenvalue weighted by Crippen LogP contribution is 2.06. The number of amides is 1. The van der Waals surface area contributed by atoms with Gasteiger partial charge in [0, 0.05) is 20.1 Å². The van der Waals surface area contributed by atoms with Crippen LogP contribution >= 0.6 is 0 Å². The molecule has 0 radical (unpaired) electrons. The van der Waals surface area contributed by atoms with Gasteiger partial charge in [-0.2, -0.15) is 0 Å². The first kappa shape index (κ1) is 13.1. The Hall–Kier alpha value is -0.910. The number of nitrogens with zero attached hydrogens (tertiary/aromatic N) is 1. The minimum Gasteiger partial charge on any atom is -0.379 e. The van der Waals surface area contributed by atoms with Gasteiger partial charge in [0.2, 0.25) is 0 Å². The highest BCUT2D eigenvalue weighted by atomic mass is 16.7.